The zero-order chi connectivity index (χ0) is 14.5. The third kappa shape index (κ3) is 7.44. The number of hydrogen-bond acceptors (Lipinski definition) is 5. The number of aromatic carboxylic acids is 2. The van der Waals surface area contributed by atoms with E-state index in [2.05, 4.69) is 0 Å². The van der Waals surface area contributed by atoms with Gasteiger partial charge in [0.15, 0.2) is 0 Å². The summed E-state index contributed by atoms with van der Waals surface area (Å²) in [7, 11) is 0. The summed E-state index contributed by atoms with van der Waals surface area (Å²) < 4.78 is 0. The first-order valence-corrected chi connectivity index (χ1v) is 4.90. The van der Waals surface area contributed by atoms with E-state index in [0.29, 0.717) is 11.1 Å². The predicted octanol–water partition coefficient (Wildman–Crippen LogP) is -2.08. The summed E-state index contributed by atoms with van der Waals surface area (Å²) in [5.74, 6) is -3.45. The van der Waals surface area contributed by atoms with Crippen LogP contribution in [0.5, 0.6) is 0 Å². The zero-order valence-corrected chi connectivity index (χ0v) is 13.6. The number of aliphatic carboxylic acids is 1. The molecule has 0 unspecified atom stereocenters. The first-order chi connectivity index (χ1) is 8.18. The Labute approximate surface area is 145 Å². The molecule has 7 nitrogen and oxygen atoms in total. The molecule has 0 radical (unpaired) electrons. The maximum absolute atomic E-state index is 10.6. The standard InChI is InChI=1S/C10H10O4.C2H4O2.Ca.H2O/c1-5-6(2)8(10(13)14)4-3-7(5)9(11)12;1-2(3)4;;/h3-4H,1-2H3,(H,11,12)(H,13,14);1H3,(H,3,4);;1H2/q;;+2;/p-2. The van der Waals surface area contributed by atoms with Crippen LogP contribution in [0.1, 0.15) is 38.8 Å². The van der Waals surface area contributed by atoms with Gasteiger partial charge >= 0.3 is 37.7 Å². The predicted molar refractivity (Wildman–Crippen MR) is 67.3 cm³/mol. The molecular formula is C12H14CaO7. The van der Waals surface area contributed by atoms with Crippen molar-refractivity contribution in [3.8, 4) is 0 Å². The second-order valence-corrected chi connectivity index (χ2v) is 3.50. The van der Waals surface area contributed by atoms with Gasteiger partial charge in [0.1, 0.15) is 0 Å². The van der Waals surface area contributed by atoms with Gasteiger partial charge in [0.05, 0.1) is 11.9 Å². The summed E-state index contributed by atoms with van der Waals surface area (Å²) >= 11 is 0. The van der Waals surface area contributed by atoms with Crippen LogP contribution in [0.25, 0.3) is 0 Å². The van der Waals surface area contributed by atoms with E-state index in [0.717, 1.165) is 6.92 Å². The van der Waals surface area contributed by atoms with Crippen molar-refractivity contribution in [2.75, 3.05) is 0 Å². The molecule has 3 N–H and O–H groups in total. The van der Waals surface area contributed by atoms with E-state index in [9.17, 15) is 19.8 Å². The van der Waals surface area contributed by atoms with E-state index in [1.165, 1.54) is 26.0 Å². The van der Waals surface area contributed by atoms with Crippen LogP contribution in [0.15, 0.2) is 12.1 Å². The van der Waals surface area contributed by atoms with Gasteiger partial charge in [-0.15, -0.1) is 0 Å². The third-order valence-electron chi connectivity index (χ3n) is 2.23. The zero-order valence-electron chi connectivity index (χ0n) is 11.4. The van der Waals surface area contributed by atoms with E-state index in [-0.39, 0.29) is 54.3 Å². The Morgan fingerprint density at radius 3 is 1.30 bits per heavy atom. The third-order valence-corrected chi connectivity index (χ3v) is 2.23. The Morgan fingerprint density at radius 2 is 1.15 bits per heavy atom. The van der Waals surface area contributed by atoms with Crippen molar-refractivity contribution in [2.24, 2.45) is 0 Å². The van der Waals surface area contributed by atoms with Crippen molar-refractivity contribution < 1.29 is 35.2 Å². The maximum Gasteiger partial charge on any atom is 2.00 e. The molecular weight excluding hydrogens is 296 g/mol. The van der Waals surface area contributed by atoms with Gasteiger partial charge in [-0.3, -0.25) is 4.79 Å². The fourth-order valence-corrected chi connectivity index (χ4v) is 1.26. The number of rotatable bonds is 2. The smallest absolute Gasteiger partial charge is 0.545 e. The van der Waals surface area contributed by atoms with Gasteiger partial charge in [0, 0.05) is 18.1 Å². The van der Waals surface area contributed by atoms with Gasteiger partial charge in [0.2, 0.25) is 0 Å². The van der Waals surface area contributed by atoms with E-state index in [1.54, 1.807) is 0 Å². The number of hydrogen-bond donors (Lipinski definition) is 1. The second-order valence-electron chi connectivity index (χ2n) is 3.50. The summed E-state index contributed by atoms with van der Waals surface area (Å²) in [5.41, 5.74) is 0.804. The molecule has 106 valence electrons. The molecule has 0 bridgehead atoms. The topological polar surface area (TPSA) is 149 Å². The number of carbonyl (C=O) groups is 3. The van der Waals surface area contributed by atoms with Crippen LogP contribution in [0, 0.1) is 13.8 Å². The van der Waals surface area contributed by atoms with Crippen LogP contribution in [0.4, 0.5) is 0 Å². The van der Waals surface area contributed by atoms with Crippen LogP contribution in [-0.2, 0) is 4.79 Å². The van der Waals surface area contributed by atoms with Crippen LogP contribution in [0.3, 0.4) is 0 Å². The number of carboxylic acid groups (broad SMARTS) is 3. The number of carboxylic acids is 3. The molecule has 0 aliphatic heterocycles. The molecule has 8 heteroatoms. The minimum absolute atomic E-state index is 0. The van der Waals surface area contributed by atoms with Crippen LogP contribution >= 0.6 is 0 Å². The minimum Gasteiger partial charge on any atom is -0.545 e. The van der Waals surface area contributed by atoms with Crippen molar-refractivity contribution in [3.63, 3.8) is 0 Å². The van der Waals surface area contributed by atoms with Gasteiger partial charge in [-0.25, -0.2) is 0 Å². The first kappa shape index (κ1) is 23.9. The van der Waals surface area contributed by atoms with Gasteiger partial charge in [0.25, 0.3) is 5.97 Å². The quantitative estimate of drug-likeness (QED) is 0.619. The van der Waals surface area contributed by atoms with E-state index in [1.807, 2.05) is 0 Å². The largest absolute Gasteiger partial charge is 2.00 e. The number of benzene rings is 1. The molecule has 1 aromatic rings. The van der Waals surface area contributed by atoms with Crippen LogP contribution < -0.4 is 10.2 Å². The van der Waals surface area contributed by atoms with Gasteiger partial charge < -0.3 is 30.4 Å². The molecule has 1 aromatic carbocycles. The Kier molecular flexibility index (Phi) is 12.7. The summed E-state index contributed by atoms with van der Waals surface area (Å²) in [6, 6.07) is 2.42. The van der Waals surface area contributed by atoms with Gasteiger partial charge in [-0.2, -0.15) is 0 Å². The van der Waals surface area contributed by atoms with Gasteiger partial charge in [-0.1, -0.05) is 12.1 Å². The fourth-order valence-electron chi connectivity index (χ4n) is 1.26. The molecule has 1 rings (SSSR count). The average Bonchev–Trinajstić information content (AvgIpc) is 2.19. The molecule has 0 aliphatic carbocycles. The van der Waals surface area contributed by atoms with Crippen LogP contribution in [0.2, 0.25) is 0 Å². The van der Waals surface area contributed by atoms with Crippen molar-refractivity contribution in [1.29, 1.82) is 0 Å². The Bertz CT molecular complexity index is 454. The minimum atomic E-state index is -1.31. The molecule has 0 aliphatic rings. The molecule has 20 heavy (non-hydrogen) atoms. The van der Waals surface area contributed by atoms with Gasteiger partial charge in [-0.05, 0) is 25.0 Å². The summed E-state index contributed by atoms with van der Waals surface area (Å²) in [6.07, 6.45) is 0. The molecule has 0 heterocycles. The molecule has 0 amide bonds. The molecule has 0 saturated carbocycles. The first-order valence-electron chi connectivity index (χ1n) is 4.90. The summed E-state index contributed by atoms with van der Waals surface area (Å²) in [4.78, 5) is 30.2. The summed E-state index contributed by atoms with van der Waals surface area (Å²) in [5, 5.41) is 28.6. The van der Waals surface area contributed by atoms with Crippen LogP contribution in [-0.4, -0.2) is 66.2 Å². The Balaban J connectivity index is -0.000000429. The molecule has 0 fully saturated rings. The van der Waals surface area contributed by atoms with Crippen molar-refractivity contribution in [3.05, 3.63) is 34.4 Å². The molecule has 0 atom stereocenters. The van der Waals surface area contributed by atoms with Crippen molar-refractivity contribution in [1.82, 2.24) is 0 Å². The fraction of sp³-hybridized carbons (Fsp3) is 0.250. The Morgan fingerprint density at radius 1 is 0.950 bits per heavy atom. The molecule has 0 saturated heterocycles. The molecule has 0 aromatic heterocycles. The van der Waals surface area contributed by atoms with E-state index < -0.39 is 17.9 Å². The average molecular weight is 310 g/mol. The second kappa shape index (κ2) is 10.6. The normalized spacial score (nSPS) is 8.15. The summed E-state index contributed by atoms with van der Waals surface area (Å²) in [6.45, 7) is 4.15. The van der Waals surface area contributed by atoms with E-state index >= 15 is 0 Å². The monoisotopic (exact) mass is 310 g/mol. The number of carbonyl (C=O) groups excluding carboxylic acids is 2. The van der Waals surface area contributed by atoms with E-state index in [4.69, 9.17) is 9.90 Å². The SMILES string of the molecule is CC(=O)O.Cc1c(C(=O)[O-])ccc(C(=O)[O-])c1C.O.[Ca+2]. The Hall–Kier alpha value is -1.15. The van der Waals surface area contributed by atoms with Crippen molar-refractivity contribution >= 4 is 55.6 Å². The molecule has 0 spiro atoms. The maximum atomic E-state index is 10.6. The van der Waals surface area contributed by atoms with Crippen molar-refractivity contribution in [2.45, 2.75) is 20.8 Å².